The fourth-order valence-corrected chi connectivity index (χ4v) is 5.70. The van der Waals surface area contributed by atoms with Crippen LogP contribution in [-0.4, -0.2) is 88.7 Å². The molecular weight excluding hydrogens is 541 g/mol. The summed E-state index contributed by atoms with van der Waals surface area (Å²) >= 11 is 7.63. The molecule has 38 heavy (non-hydrogen) atoms. The summed E-state index contributed by atoms with van der Waals surface area (Å²) in [6.07, 6.45) is 1.04. The summed E-state index contributed by atoms with van der Waals surface area (Å²) in [4.78, 5) is 49.8. The second kappa shape index (κ2) is 10.7. The number of piperazine rings is 1. The molecular formula is C24H23ClFN5O6S. The highest BCUT2D eigenvalue weighted by Crippen LogP contribution is 2.38. The van der Waals surface area contributed by atoms with Gasteiger partial charge in [0.1, 0.15) is 24.5 Å². The zero-order valence-corrected chi connectivity index (χ0v) is 21.7. The van der Waals surface area contributed by atoms with Gasteiger partial charge in [-0.3, -0.25) is 19.6 Å². The highest BCUT2D eigenvalue weighted by Gasteiger charge is 2.48. The van der Waals surface area contributed by atoms with E-state index in [4.69, 9.17) is 21.1 Å². The minimum absolute atomic E-state index is 0.0303. The van der Waals surface area contributed by atoms with Gasteiger partial charge in [-0.25, -0.2) is 19.0 Å². The summed E-state index contributed by atoms with van der Waals surface area (Å²) in [6.45, 7) is 2.09. The number of hydrogen-bond donors (Lipinski definition) is 2. The predicted octanol–water partition coefficient (Wildman–Crippen LogP) is 2.43. The first kappa shape index (κ1) is 26.1. The number of nitrogens with one attached hydrogen (secondary N) is 1. The van der Waals surface area contributed by atoms with Crippen molar-refractivity contribution < 1.29 is 33.4 Å². The standard InChI is InChI=1S/C24H23ClFN5O6S/c1-2-36-23(34)16-14(10-30-7-8-31-15(11-37-24(31)35)19(30)22(32)33)28-20(21-27-6-9-38-21)29-18(16)12-4-3-5-13(26)17(12)25/h3-6,9,15,18-19H,2,7-8,10-11H2,1H3,(H,28,29)(H,32,33). The van der Waals surface area contributed by atoms with Gasteiger partial charge in [-0.15, -0.1) is 11.3 Å². The van der Waals surface area contributed by atoms with Gasteiger partial charge < -0.3 is 19.9 Å². The average molecular weight is 564 g/mol. The topological polar surface area (TPSA) is 134 Å². The Bertz CT molecular complexity index is 1340. The zero-order chi connectivity index (χ0) is 27.0. The number of cyclic esters (lactones) is 1. The molecule has 0 aliphatic carbocycles. The Morgan fingerprint density at radius 1 is 1.37 bits per heavy atom. The first-order valence-corrected chi connectivity index (χ1v) is 13.0. The van der Waals surface area contributed by atoms with Crippen LogP contribution < -0.4 is 5.32 Å². The Kier molecular flexibility index (Phi) is 7.32. The number of carbonyl (C=O) groups excluding carboxylic acids is 2. The summed E-state index contributed by atoms with van der Waals surface area (Å²) in [5.41, 5.74) is 0.640. The van der Waals surface area contributed by atoms with Gasteiger partial charge in [0.05, 0.1) is 23.2 Å². The van der Waals surface area contributed by atoms with Crippen molar-refractivity contribution in [2.75, 3.05) is 32.8 Å². The molecule has 2 fully saturated rings. The first-order chi connectivity index (χ1) is 18.3. The number of hydrogen-bond acceptors (Lipinski definition) is 10. The van der Waals surface area contributed by atoms with Gasteiger partial charge in [-0.05, 0) is 13.0 Å². The molecule has 3 aliphatic rings. The Morgan fingerprint density at radius 3 is 2.89 bits per heavy atom. The van der Waals surface area contributed by atoms with Gasteiger partial charge in [0.15, 0.2) is 10.8 Å². The molecule has 3 unspecified atom stereocenters. The molecule has 2 saturated heterocycles. The van der Waals surface area contributed by atoms with Gasteiger partial charge in [0.2, 0.25) is 0 Å². The lowest BCUT2D eigenvalue weighted by Gasteiger charge is -2.41. The molecule has 2 N–H and O–H groups in total. The number of aliphatic imine (C=N–C) groups is 1. The summed E-state index contributed by atoms with van der Waals surface area (Å²) < 4.78 is 24.9. The Hall–Kier alpha value is -3.55. The van der Waals surface area contributed by atoms with Crippen LogP contribution in [0.5, 0.6) is 0 Å². The maximum atomic E-state index is 14.5. The molecule has 0 bridgehead atoms. The van der Waals surface area contributed by atoms with E-state index in [1.807, 2.05) is 0 Å². The number of thiazole rings is 1. The van der Waals surface area contributed by atoms with Crippen LogP contribution in [0.4, 0.5) is 9.18 Å². The maximum absolute atomic E-state index is 14.5. The molecule has 5 rings (SSSR count). The van der Waals surface area contributed by atoms with Crippen LogP contribution >= 0.6 is 22.9 Å². The zero-order valence-electron chi connectivity index (χ0n) is 20.1. The number of carboxylic acid groups (broad SMARTS) is 1. The number of carbonyl (C=O) groups is 3. The van der Waals surface area contributed by atoms with Gasteiger partial charge in [-0.1, -0.05) is 23.7 Å². The number of aliphatic carboxylic acids is 1. The van der Waals surface area contributed by atoms with E-state index in [1.54, 1.807) is 29.5 Å². The lowest BCUT2D eigenvalue weighted by molar-refractivity contribution is -0.147. The van der Waals surface area contributed by atoms with E-state index in [1.165, 1.54) is 28.4 Å². The molecule has 1 aromatic heterocycles. The molecule has 0 saturated carbocycles. The normalized spacial score (nSPS) is 23.4. The number of benzene rings is 1. The molecule has 1 aromatic carbocycles. The maximum Gasteiger partial charge on any atom is 0.410 e. The predicted molar refractivity (Wildman–Crippen MR) is 134 cm³/mol. The number of esters is 1. The third-order valence-electron chi connectivity index (χ3n) is 6.54. The van der Waals surface area contributed by atoms with Crippen LogP contribution in [0.15, 0.2) is 46.0 Å². The number of halogens is 2. The monoisotopic (exact) mass is 563 g/mol. The van der Waals surface area contributed by atoms with Gasteiger partial charge in [0.25, 0.3) is 0 Å². The van der Waals surface area contributed by atoms with E-state index in [-0.39, 0.29) is 49.0 Å². The third-order valence-corrected chi connectivity index (χ3v) is 7.72. The molecule has 0 spiro atoms. The quantitative estimate of drug-likeness (QED) is 0.487. The van der Waals surface area contributed by atoms with Crippen molar-refractivity contribution in [3.05, 3.63) is 62.5 Å². The number of ether oxygens (including phenoxy) is 2. The van der Waals surface area contributed by atoms with E-state index in [2.05, 4.69) is 15.3 Å². The number of aromatic nitrogens is 1. The molecule has 4 heterocycles. The highest BCUT2D eigenvalue weighted by molar-refractivity contribution is 7.11. The number of amidine groups is 1. The Morgan fingerprint density at radius 2 is 2.18 bits per heavy atom. The van der Waals surface area contributed by atoms with Crippen LogP contribution in [0.25, 0.3) is 0 Å². The minimum Gasteiger partial charge on any atom is -0.480 e. The second-order valence-electron chi connectivity index (χ2n) is 8.69. The highest BCUT2D eigenvalue weighted by atomic mass is 35.5. The molecule has 200 valence electrons. The van der Waals surface area contributed by atoms with Crippen LogP contribution in [0, 0.1) is 5.82 Å². The van der Waals surface area contributed by atoms with Crippen LogP contribution in [-0.2, 0) is 19.1 Å². The molecule has 1 amide bonds. The summed E-state index contributed by atoms with van der Waals surface area (Å²) in [6, 6.07) is 1.41. The molecule has 3 aliphatic heterocycles. The minimum atomic E-state index is -1.13. The van der Waals surface area contributed by atoms with E-state index in [9.17, 15) is 23.9 Å². The van der Waals surface area contributed by atoms with E-state index in [0.29, 0.717) is 16.5 Å². The smallest absolute Gasteiger partial charge is 0.410 e. The lowest BCUT2D eigenvalue weighted by Crippen LogP contribution is -2.62. The van der Waals surface area contributed by atoms with E-state index in [0.717, 1.165) is 0 Å². The fraction of sp³-hybridized carbons (Fsp3) is 0.375. The summed E-state index contributed by atoms with van der Waals surface area (Å²) in [5, 5.41) is 15.3. The Balaban J connectivity index is 1.61. The third kappa shape index (κ3) is 4.72. The fourth-order valence-electron chi connectivity index (χ4n) is 4.88. The van der Waals surface area contributed by atoms with Crippen molar-refractivity contribution in [2.45, 2.75) is 25.0 Å². The van der Waals surface area contributed by atoms with Crippen molar-refractivity contribution in [1.29, 1.82) is 0 Å². The molecule has 2 aromatic rings. The van der Waals surface area contributed by atoms with Crippen molar-refractivity contribution in [2.24, 2.45) is 4.99 Å². The van der Waals surface area contributed by atoms with Gasteiger partial charge >= 0.3 is 18.0 Å². The number of carboxylic acids is 1. The van der Waals surface area contributed by atoms with Crippen molar-refractivity contribution in [1.82, 2.24) is 20.1 Å². The van der Waals surface area contributed by atoms with Gasteiger partial charge in [-0.2, -0.15) is 0 Å². The largest absolute Gasteiger partial charge is 0.480 e. The van der Waals surface area contributed by atoms with Crippen molar-refractivity contribution >= 4 is 46.8 Å². The average Bonchev–Trinajstić information content (AvgIpc) is 3.55. The summed E-state index contributed by atoms with van der Waals surface area (Å²) in [7, 11) is 0. The summed E-state index contributed by atoms with van der Waals surface area (Å²) in [5.74, 6) is -2.19. The first-order valence-electron chi connectivity index (χ1n) is 11.8. The van der Waals surface area contributed by atoms with Crippen LogP contribution in [0.1, 0.15) is 23.5 Å². The van der Waals surface area contributed by atoms with Crippen LogP contribution in [0.2, 0.25) is 5.02 Å². The number of rotatable bonds is 7. The Labute approximate surface area is 225 Å². The number of nitrogens with zero attached hydrogens (tertiary/aromatic N) is 4. The van der Waals surface area contributed by atoms with E-state index >= 15 is 0 Å². The second-order valence-corrected chi connectivity index (χ2v) is 9.96. The molecule has 3 atom stereocenters. The van der Waals surface area contributed by atoms with Crippen LogP contribution in [0.3, 0.4) is 0 Å². The molecule has 14 heteroatoms. The number of fused-ring (bicyclic) bond motifs is 1. The SMILES string of the molecule is CCOC(=O)C1=C(CN2CCN3C(=O)OCC3C2C(=O)O)NC(c2nccs2)=NC1c1cccc(F)c1Cl. The molecule has 11 nitrogen and oxygen atoms in total. The lowest BCUT2D eigenvalue weighted by atomic mass is 9.94. The van der Waals surface area contributed by atoms with Crippen molar-refractivity contribution in [3.8, 4) is 0 Å². The van der Waals surface area contributed by atoms with Gasteiger partial charge in [0, 0.05) is 42.5 Å². The number of amides is 1. The van der Waals surface area contributed by atoms with Crippen molar-refractivity contribution in [3.63, 3.8) is 0 Å². The van der Waals surface area contributed by atoms with E-state index < -0.39 is 42.0 Å². The molecule has 0 radical (unpaired) electrons.